The summed E-state index contributed by atoms with van der Waals surface area (Å²) in [5, 5.41) is 3.49. The number of ether oxygens (including phenoxy) is 1. The van der Waals surface area contributed by atoms with Gasteiger partial charge in [0.2, 0.25) is 5.56 Å². The molecule has 0 aliphatic heterocycles. The summed E-state index contributed by atoms with van der Waals surface area (Å²) in [5.41, 5.74) is 7.21. The number of hydrogen-bond donors (Lipinski definition) is 3. The highest BCUT2D eigenvalue weighted by molar-refractivity contribution is 5.83. The molecule has 1 aromatic heterocycles. The summed E-state index contributed by atoms with van der Waals surface area (Å²) in [7, 11) is 1.61. The largest absolute Gasteiger partial charge is 0.491 e. The molecule has 2 aromatic rings. The first-order valence-corrected chi connectivity index (χ1v) is 8.41. The molecule has 0 saturated carbocycles. The van der Waals surface area contributed by atoms with Gasteiger partial charge < -0.3 is 20.4 Å². The monoisotopic (exact) mass is 395 g/mol. The van der Waals surface area contributed by atoms with Crippen LogP contribution in [0.4, 0.5) is 25.8 Å². The number of amides is 1. The van der Waals surface area contributed by atoms with Gasteiger partial charge in [0.25, 0.3) is 5.91 Å². The SMILES string of the molecule is CC(COc1ccc(N(N)c2ccc(=O)n(C)c2)c(N)c1)NC(=O)C(C)(F)F. The van der Waals surface area contributed by atoms with E-state index in [-0.39, 0.29) is 12.2 Å². The second kappa shape index (κ2) is 8.26. The number of nitrogens with zero attached hydrogens (tertiary/aromatic N) is 2. The number of anilines is 3. The summed E-state index contributed by atoms with van der Waals surface area (Å²) in [6.07, 6.45) is 1.57. The van der Waals surface area contributed by atoms with Gasteiger partial charge in [0.1, 0.15) is 12.4 Å². The van der Waals surface area contributed by atoms with Crippen LogP contribution in [0.2, 0.25) is 0 Å². The standard InChI is InChI=1S/C18H23F2N5O3/c1-11(23-17(27)18(2,19)20)10-28-13-5-6-15(14(21)8-13)25(22)12-4-7-16(26)24(3)9-12/h4-9,11H,10,21-22H2,1-3H3,(H,23,27). The minimum absolute atomic E-state index is 0.0201. The molecule has 0 radical (unpaired) electrons. The quantitative estimate of drug-likeness (QED) is 0.372. The van der Waals surface area contributed by atoms with Crippen molar-refractivity contribution in [2.24, 2.45) is 12.9 Å². The molecule has 28 heavy (non-hydrogen) atoms. The van der Waals surface area contributed by atoms with Crippen molar-refractivity contribution in [2.75, 3.05) is 17.3 Å². The van der Waals surface area contributed by atoms with Gasteiger partial charge in [-0.25, -0.2) is 5.84 Å². The third-order valence-corrected chi connectivity index (χ3v) is 3.88. The van der Waals surface area contributed by atoms with E-state index >= 15 is 0 Å². The predicted molar refractivity (Wildman–Crippen MR) is 103 cm³/mol. The highest BCUT2D eigenvalue weighted by atomic mass is 19.3. The van der Waals surface area contributed by atoms with Crippen molar-refractivity contribution in [1.29, 1.82) is 0 Å². The zero-order chi connectivity index (χ0) is 21.1. The Morgan fingerprint density at radius 2 is 2.04 bits per heavy atom. The zero-order valence-electron chi connectivity index (χ0n) is 15.8. The van der Waals surface area contributed by atoms with Crippen LogP contribution in [0.1, 0.15) is 13.8 Å². The summed E-state index contributed by atoms with van der Waals surface area (Å²) in [6, 6.07) is 7.09. The number of nitrogens with one attached hydrogen (secondary N) is 1. The third-order valence-electron chi connectivity index (χ3n) is 3.88. The van der Waals surface area contributed by atoms with E-state index in [1.807, 2.05) is 0 Å². The fraction of sp³-hybridized carbons (Fsp3) is 0.333. The average molecular weight is 395 g/mol. The second-order valence-corrected chi connectivity index (χ2v) is 6.50. The number of hydrogen-bond acceptors (Lipinski definition) is 6. The Labute approximate surface area is 160 Å². The van der Waals surface area contributed by atoms with Crippen molar-refractivity contribution in [3.63, 3.8) is 0 Å². The number of pyridine rings is 1. The van der Waals surface area contributed by atoms with Gasteiger partial charge in [0, 0.05) is 32.3 Å². The van der Waals surface area contributed by atoms with Crippen LogP contribution in [0.5, 0.6) is 5.75 Å². The van der Waals surface area contributed by atoms with Gasteiger partial charge in [-0.3, -0.25) is 14.6 Å². The minimum Gasteiger partial charge on any atom is -0.491 e. The van der Waals surface area contributed by atoms with Gasteiger partial charge >= 0.3 is 5.92 Å². The molecule has 1 heterocycles. The minimum atomic E-state index is -3.45. The molecule has 10 heteroatoms. The Hall–Kier alpha value is -3.14. The molecule has 0 spiro atoms. The van der Waals surface area contributed by atoms with Crippen molar-refractivity contribution in [2.45, 2.75) is 25.8 Å². The Balaban J connectivity index is 2.04. The molecule has 0 aliphatic carbocycles. The van der Waals surface area contributed by atoms with Gasteiger partial charge in [-0.15, -0.1) is 0 Å². The zero-order valence-corrected chi connectivity index (χ0v) is 15.8. The lowest BCUT2D eigenvalue weighted by Gasteiger charge is -2.22. The van der Waals surface area contributed by atoms with Crippen molar-refractivity contribution in [3.05, 3.63) is 46.9 Å². The van der Waals surface area contributed by atoms with E-state index in [1.54, 1.807) is 38.4 Å². The number of nitrogen functional groups attached to an aromatic ring is 1. The van der Waals surface area contributed by atoms with Crippen LogP contribution in [0.15, 0.2) is 41.3 Å². The van der Waals surface area contributed by atoms with Crippen LogP contribution in [0.25, 0.3) is 0 Å². The maximum Gasteiger partial charge on any atom is 0.321 e. The number of hydrazine groups is 1. The molecule has 1 atom stereocenters. The molecule has 1 aromatic carbocycles. The van der Waals surface area contributed by atoms with E-state index in [2.05, 4.69) is 5.32 Å². The molecule has 1 unspecified atom stereocenters. The third kappa shape index (κ3) is 5.19. The number of alkyl halides is 2. The highest BCUT2D eigenvalue weighted by Gasteiger charge is 2.32. The second-order valence-electron chi connectivity index (χ2n) is 6.50. The molecule has 0 bridgehead atoms. The molecule has 8 nitrogen and oxygen atoms in total. The molecule has 0 fully saturated rings. The Morgan fingerprint density at radius 3 is 2.61 bits per heavy atom. The normalized spacial score (nSPS) is 12.4. The van der Waals surface area contributed by atoms with Gasteiger partial charge in [-0.05, 0) is 25.1 Å². The molecule has 0 saturated heterocycles. The summed E-state index contributed by atoms with van der Waals surface area (Å²) < 4.78 is 32.7. The molecule has 2 rings (SSSR count). The van der Waals surface area contributed by atoms with E-state index in [9.17, 15) is 18.4 Å². The lowest BCUT2D eigenvalue weighted by atomic mass is 10.2. The molecule has 152 valence electrons. The lowest BCUT2D eigenvalue weighted by molar-refractivity contribution is -0.143. The van der Waals surface area contributed by atoms with Crippen LogP contribution >= 0.6 is 0 Å². The number of nitrogens with two attached hydrogens (primary N) is 2. The fourth-order valence-electron chi connectivity index (χ4n) is 2.32. The Bertz CT molecular complexity index is 911. The fourth-order valence-corrected chi connectivity index (χ4v) is 2.32. The van der Waals surface area contributed by atoms with Crippen LogP contribution in [-0.2, 0) is 11.8 Å². The van der Waals surface area contributed by atoms with Gasteiger partial charge in [0.15, 0.2) is 0 Å². The maximum absolute atomic E-state index is 12.9. The van der Waals surface area contributed by atoms with Crippen molar-refractivity contribution in [3.8, 4) is 5.75 Å². The number of aromatic nitrogens is 1. The smallest absolute Gasteiger partial charge is 0.321 e. The average Bonchev–Trinajstić information content (AvgIpc) is 2.61. The van der Waals surface area contributed by atoms with Crippen molar-refractivity contribution >= 4 is 23.0 Å². The Morgan fingerprint density at radius 1 is 1.36 bits per heavy atom. The van der Waals surface area contributed by atoms with Crippen LogP contribution < -0.4 is 32.2 Å². The Kier molecular flexibility index (Phi) is 6.24. The van der Waals surface area contributed by atoms with Gasteiger partial charge in [0.05, 0.1) is 23.1 Å². The van der Waals surface area contributed by atoms with Crippen LogP contribution in [-0.4, -0.2) is 29.0 Å². The van der Waals surface area contributed by atoms with Gasteiger partial charge in [-0.2, -0.15) is 8.78 Å². The molecular formula is C18H23F2N5O3. The van der Waals surface area contributed by atoms with E-state index < -0.39 is 17.9 Å². The maximum atomic E-state index is 12.9. The number of benzene rings is 1. The number of carbonyl (C=O) groups is 1. The van der Waals surface area contributed by atoms with Crippen LogP contribution in [0.3, 0.4) is 0 Å². The van der Waals surface area contributed by atoms with Crippen molar-refractivity contribution in [1.82, 2.24) is 9.88 Å². The summed E-state index contributed by atoms with van der Waals surface area (Å²) >= 11 is 0. The van der Waals surface area contributed by atoms with Crippen LogP contribution in [0, 0.1) is 0 Å². The molecule has 0 aliphatic rings. The summed E-state index contributed by atoms with van der Waals surface area (Å²) in [4.78, 5) is 22.7. The number of carbonyl (C=O) groups excluding carboxylic acids is 1. The first kappa shape index (κ1) is 21.2. The highest BCUT2D eigenvalue weighted by Crippen LogP contribution is 2.30. The predicted octanol–water partition coefficient (Wildman–Crippen LogP) is 1.52. The number of aryl methyl sites for hydroxylation is 1. The van der Waals surface area contributed by atoms with E-state index in [1.165, 1.54) is 21.7 Å². The number of halogens is 2. The first-order valence-electron chi connectivity index (χ1n) is 8.41. The van der Waals surface area contributed by atoms with Gasteiger partial charge in [-0.1, -0.05) is 0 Å². The summed E-state index contributed by atoms with van der Waals surface area (Å²) in [6.45, 7) is 2.05. The lowest BCUT2D eigenvalue weighted by Crippen LogP contribution is -2.44. The number of rotatable bonds is 7. The molecular weight excluding hydrogens is 372 g/mol. The van der Waals surface area contributed by atoms with E-state index in [4.69, 9.17) is 16.3 Å². The molecule has 1 amide bonds. The van der Waals surface area contributed by atoms with E-state index in [0.29, 0.717) is 29.7 Å². The summed E-state index contributed by atoms with van der Waals surface area (Å²) in [5.74, 6) is 1.65. The van der Waals surface area contributed by atoms with Crippen molar-refractivity contribution < 1.29 is 18.3 Å². The molecule has 5 N–H and O–H groups in total. The van der Waals surface area contributed by atoms with E-state index in [0.717, 1.165) is 0 Å². The first-order chi connectivity index (χ1) is 13.0. The topological polar surface area (TPSA) is 116 Å².